The summed E-state index contributed by atoms with van der Waals surface area (Å²) in [5.41, 5.74) is 1.94. The van der Waals surface area contributed by atoms with Crippen molar-refractivity contribution in [3.63, 3.8) is 0 Å². The number of amides is 1. The standard InChI is InChI=1S/C22H19N3O4/c26-22(19-13-27-17-7-1-2-8-18(17)29-19)25-12-15-11-14-5-3-6-16(20(14)28-15)21-23-9-4-10-24-21/h1-10,15,19H,11-13H2,(H,25,26)/t15-,19+/m1/s1. The molecule has 0 unspecified atom stereocenters. The van der Waals surface area contributed by atoms with Crippen LogP contribution in [0.2, 0.25) is 0 Å². The van der Waals surface area contributed by atoms with Crippen LogP contribution >= 0.6 is 0 Å². The van der Waals surface area contributed by atoms with Gasteiger partial charge in [0.05, 0.1) is 12.1 Å². The second-order valence-electron chi connectivity index (χ2n) is 6.92. The van der Waals surface area contributed by atoms with Gasteiger partial charge in [-0.1, -0.05) is 24.3 Å². The fraction of sp³-hybridized carbons (Fsp3) is 0.227. The average molecular weight is 389 g/mol. The first-order valence-electron chi connectivity index (χ1n) is 9.50. The molecule has 0 bridgehead atoms. The molecule has 146 valence electrons. The molecule has 1 amide bonds. The molecule has 0 fully saturated rings. The first-order chi connectivity index (χ1) is 14.3. The van der Waals surface area contributed by atoms with Crippen LogP contribution in [0.25, 0.3) is 11.4 Å². The Morgan fingerprint density at radius 1 is 1.00 bits per heavy atom. The van der Waals surface area contributed by atoms with Gasteiger partial charge in [-0.15, -0.1) is 0 Å². The van der Waals surface area contributed by atoms with Crippen molar-refractivity contribution in [3.05, 3.63) is 66.5 Å². The summed E-state index contributed by atoms with van der Waals surface area (Å²) < 4.78 is 17.5. The second kappa shape index (κ2) is 7.43. The summed E-state index contributed by atoms with van der Waals surface area (Å²) in [5, 5.41) is 2.92. The highest BCUT2D eigenvalue weighted by Gasteiger charge is 2.30. The summed E-state index contributed by atoms with van der Waals surface area (Å²) in [6.07, 6.45) is 3.29. The molecule has 2 aliphatic heterocycles. The van der Waals surface area contributed by atoms with Crippen LogP contribution in [0.5, 0.6) is 17.2 Å². The van der Waals surface area contributed by atoms with E-state index in [1.54, 1.807) is 24.5 Å². The van der Waals surface area contributed by atoms with Crippen LogP contribution in [0.4, 0.5) is 0 Å². The summed E-state index contributed by atoms with van der Waals surface area (Å²) in [6, 6.07) is 15.0. The summed E-state index contributed by atoms with van der Waals surface area (Å²) in [7, 11) is 0. The van der Waals surface area contributed by atoms with Crippen molar-refractivity contribution < 1.29 is 19.0 Å². The van der Waals surface area contributed by atoms with E-state index in [1.165, 1.54) is 0 Å². The maximum atomic E-state index is 12.5. The third-order valence-corrected chi connectivity index (χ3v) is 4.94. The molecule has 5 rings (SSSR count). The summed E-state index contributed by atoms with van der Waals surface area (Å²) in [4.78, 5) is 21.2. The van der Waals surface area contributed by atoms with Gasteiger partial charge in [-0.25, -0.2) is 9.97 Å². The predicted molar refractivity (Wildman–Crippen MR) is 105 cm³/mol. The lowest BCUT2D eigenvalue weighted by molar-refractivity contribution is -0.130. The lowest BCUT2D eigenvalue weighted by Gasteiger charge is -2.26. The maximum absolute atomic E-state index is 12.5. The topological polar surface area (TPSA) is 82.6 Å². The fourth-order valence-corrected chi connectivity index (χ4v) is 3.54. The molecule has 0 radical (unpaired) electrons. The molecule has 0 aliphatic carbocycles. The Kier molecular flexibility index (Phi) is 4.48. The number of benzene rings is 2. The van der Waals surface area contributed by atoms with Crippen LogP contribution in [-0.4, -0.2) is 41.2 Å². The minimum absolute atomic E-state index is 0.157. The molecular formula is C22H19N3O4. The molecule has 1 N–H and O–H groups in total. The van der Waals surface area contributed by atoms with Gasteiger partial charge < -0.3 is 19.5 Å². The van der Waals surface area contributed by atoms with Crippen molar-refractivity contribution in [2.24, 2.45) is 0 Å². The van der Waals surface area contributed by atoms with E-state index in [9.17, 15) is 4.79 Å². The first-order valence-corrected chi connectivity index (χ1v) is 9.50. The van der Waals surface area contributed by atoms with Crippen LogP contribution in [0.1, 0.15) is 5.56 Å². The third-order valence-electron chi connectivity index (χ3n) is 4.94. The van der Waals surface area contributed by atoms with Gasteiger partial charge in [-0.05, 0) is 29.8 Å². The number of para-hydroxylation sites is 3. The zero-order valence-electron chi connectivity index (χ0n) is 15.6. The highest BCUT2D eigenvalue weighted by Crippen LogP contribution is 2.37. The molecule has 3 aromatic rings. The number of ether oxygens (including phenoxy) is 3. The molecular weight excluding hydrogens is 370 g/mol. The quantitative estimate of drug-likeness (QED) is 0.738. The number of carbonyl (C=O) groups excluding carboxylic acids is 1. The Bertz CT molecular complexity index is 1040. The van der Waals surface area contributed by atoms with Crippen molar-refractivity contribution in [1.82, 2.24) is 15.3 Å². The van der Waals surface area contributed by atoms with E-state index in [0.717, 1.165) is 16.9 Å². The van der Waals surface area contributed by atoms with Crippen molar-refractivity contribution in [3.8, 4) is 28.6 Å². The normalized spacial score (nSPS) is 19.2. The molecule has 2 atom stereocenters. The van der Waals surface area contributed by atoms with Gasteiger partial charge >= 0.3 is 0 Å². The van der Waals surface area contributed by atoms with Crippen LogP contribution < -0.4 is 19.5 Å². The van der Waals surface area contributed by atoms with Gasteiger partial charge in [0, 0.05) is 18.8 Å². The Labute approximate surface area is 167 Å². The second-order valence-corrected chi connectivity index (χ2v) is 6.92. The Morgan fingerprint density at radius 2 is 1.83 bits per heavy atom. The van der Waals surface area contributed by atoms with Gasteiger partial charge in [-0.3, -0.25) is 4.79 Å². The van der Waals surface area contributed by atoms with Crippen LogP contribution in [-0.2, 0) is 11.2 Å². The van der Waals surface area contributed by atoms with Crippen molar-refractivity contribution >= 4 is 5.91 Å². The number of aromatic nitrogens is 2. The molecule has 7 heteroatoms. The SMILES string of the molecule is O=C(NC[C@H]1Cc2cccc(-c3ncccn3)c2O1)[C@@H]1COc2ccccc2O1. The molecule has 0 saturated heterocycles. The molecule has 0 saturated carbocycles. The van der Waals surface area contributed by atoms with E-state index >= 15 is 0 Å². The summed E-state index contributed by atoms with van der Waals surface area (Å²) >= 11 is 0. The van der Waals surface area contributed by atoms with Gasteiger partial charge in [0.15, 0.2) is 17.3 Å². The van der Waals surface area contributed by atoms with E-state index in [2.05, 4.69) is 15.3 Å². The van der Waals surface area contributed by atoms with Crippen LogP contribution in [0, 0.1) is 0 Å². The molecule has 2 aliphatic rings. The molecule has 3 heterocycles. The molecule has 0 spiro atoms. The number of hydrogen-bond acceptors (Lipinski definition) is 6. The Balaban J connectivity index is 1.22. The zero-order valence-corrected chi connectivity index (χ0v) is 15.6. The Hall–Kier alpha value is -3.61. The number of rotatable bonds is 4. The van der Waals surface area contributed by atoms with Gasteiger partial charge in [0.2, 0.25) is 6.10 Å². The number of hydrogen-bond donors (Lipinski definition) is 1. The predicted octanol–water partition coefficient (Wildman–Crippen LogP) is 2.40. The van der Waals surface area contributed by atoms with E-state index < -0.39 is 6.10 Å². The lowest BCUT2D eigenvalue weighted by Crippen LogP contribution is -2.46. The molecule has 7 nitrogen and oxygen atoms in total. The highest BCUT2D eigenvalue weighted by molar-refractivity contribution is 5.81. The largest absolute Gasteiger partial charge is 0.487 e. The average Bonchev–Trinajstić information content (AvgIpc) is 3.21. The maximum Gasteiger partial charge on any atom is 0.264 e. The zero-order chi connectivity index (χ0) is 19.6. The fourth-order valence-electron chi connectivity index (χ4n) is 3.54. The minimum Gasteiger partial charge on any atom is -0.487 e. The van der Waals surface area contributed by atoms with E-state index in [4.69, 9.17) is 14.2 Å². The first kappa shape index (κ1) is 17.5. The smallest absolute Gasteiger partial charge is 0.264 e. The number of fused-ring (bicyclic) bond motifs is 2. The third kappa shape index (κ3) is 3.47. The van der Waals surface area contributed by atoms with Crippen LogP contribution in [0.15, 0.2) is 60.9 Å². The monoisotopic (exact) mass is 389 g/mol. The number of nitrogens with one attached hydrogen (secondary N) is 1. The Morgan fingerprint density at radius 3 is 2.69 bits per heavy atom. The summed E-state index contributed by atoms with van der Waals surface area (Å²) in [5.74, 6) is 2.42. The summed E-state index contributed by atoms with van der Waals surface area (Å²) in [6.45, 7) is 0.564. The van der Waals surface area contributed by atoms with E-state index in [1.807, 2.05) is 36.4 Å². The number of nitrogens with zero attached hydrogens (tertiary/aromatic N) is 2. The van der Waals surface area contributed by atoms with Crippen molar-refractivity contribution in [1.29, 1.82) is 0 Å². The van der Waals surface area contributed by atoms with Gasteiger partial charge in [0.25, 0.3) is 5.91 Å². The molecule has 1 aromatic heterocycles. The molecule has 2 aromatic carbocycles. The van der Waals surface area contributed by atoms with Crippen molar-refractivity contribution in [2.45, 2.75) is 18.6 Å². The number of carbonyl (C=O) groups is 1. The van der Waals surface area contributed by atoms with Gasteiger partial charge in [0.1, 0.15) is 18.5 Å². The van der Waals surface area contributed by atoms with E-state index in [-0.39, 0.29) is 18.6 Å². The minimum atomic E-state index is -0.679. The highest BCUT2D eigenvalue weighted by atomic mass is 16.6. The van der Waals surface area contributed by atoms with Gasteiger partial charge in [-0.2, -0.15) is 0 Å². The van der Waals surface area contributed by atoms with Crippen LogP contribution in [0.3, 0.4) is 0 Å². The lowest BCUT2D eigenvalue weighted by atomic mass is 10.1. The van der Waals surface area contributed by atoms with Crippen molar-refractivity contribution in [2.75, 3.05) is 13.2 Å². The van der Waals surface area contributed by atoms with E-state index in [0.29, 0.717) is 30.3 Å². The molecule has 29 heavy (non-hydrogen) atoms.